The monoisotopic (exact) mass is 436 g/mol. The van der Waals surface area contributed by atoms with Crippen LogP contribution >= 0.6 is 47.0 Å². The predicted octanol–water partition coefficient (Wildman–Crippen LogP) is 4.92. The van der Waals surface area contributed by atoms with E-state index >= 15 is 0 Å². The average Bonchev–Trinajstić information content (AvgIpc) is 2.63. The highest BCUT2D eigenvalue weighted by molar-refractivity contribution is 7.71. The van der Waals surface area contributed by atoms with Gasteiger partial charge in [0, 0.05) is 27.7 Å². The van der Waals surface area contributed by atoms with Crippen molar-refractivity contribution in [2.75, 3.05) is 0 Å². The standard InChI is InChI=1S/C18H11Cl3N4OS/c1-24-16(27)9-23-25(18(24)26)12-6-14(20)17(15(21)7-12)13(8-22)10-2-4-11(19)5-3-10/h2-7,9,13H,1H3. The predicted molar refractivity (Wildman–Crippen MR) is 109 cm³/mol. The first kappa shape index (κ1) is 19.6. The average molecular weight is 438 g/mol. The number of hydrogen-bond acceptors (Lipinski definition) is 4. The van der Waals surface area contributed by atoms with Crippen molar-refractivity contribution in [3.05, 3.63) is 83.9 Å². The van der Waals surface area contributed by atoms with Crippen LogP contribution in [0.3, 0.4) is 0 Å². The lowest BCUT2D eigenvalue weighted by molar-refractivity contribution is 0.667. The van der Waals surface area contributed by atoms with Crippen molar-refractivity contribution in [3.63, 3.8) is 0 Å². The summed E-state index contributed by atoms with van der Waals surface area (Å²) in [6.45, 7) is 0. The topological polar surface area (TPSA) is 63.6 Å². The quantitative estimate of drug-likeness (QED) is 0.546. The molecule has 0 radical (unpaired) electrons. The highest BCUT2D eigenvalue weighted by Gasteiger charge is 2.21. The first-order valence-electron chi connectivity index (χ1n) is 7.63. The number of aromatic nitrogens is 3. The van der Waals surface area contributed by atoms with Crippen LogP contribution in [0.4, 0.5) is 0 Å². The molecule has 1 heterocycles. The third-order valence-corrected chi connectivity index (χ3v) is 5.27. The Balaban J connectivity index is 2.15. The molecule has 9 heteroatoms. The van der Waals surface area contributed by atoms with Crippen LogP contribution in [0.2, 0.25) is 15.1 Å². The Morgan fingerprint density at radius 3 is 2.30 bits per heavy atom. The second-order valence-electron chi connectivity index (χ2n) is 5.67. The van der Waals surface area contributed by atoms with Crippen LogP contribution in [-0.4, -0.2) is 14.3 Å². The molecule has 0 spiro atoms. The van der Waals surface area contributed by atoms with E-state index in [0.29, 0.717) is 26.5 Å². The fourth-order valence-corrected chi connectivity index (χ4v) is 3.53. The third-order valence-electron chi connectivity index (χ3n) is 4.01. The van der Waals surface area contributed by atoms with Gasteiger partial charge in [-0.1, -0.05) is 59.2 Å². The molecule has 2 aromatic carbocycles. The zero-order chi connectivity index (χ0) is 19.7. The van der Waals surface area contributed by atoms with Crippen molar-refractivity contribution in [2.45, 2.75) is 5.92 Å². The van der Waals surface area contributed by atoms with E-state index in [4.69, 9.17) is 47.0 Å². The van der Waals surface area contributed by atoms with Gasteiger partial charge in [0.25, 0.3) is 0 Å². The minimum absolute atomic E-state index is 0.248. The molecule has 0 aliphatic carbocycles. The normalized spacial score (nSPS) is 11.8. The number of rotatable bonds is 3. The molecule has 1 aromatic heterocycles. The molecule has 0 aliphatic rings. The third kappa shape index (κ3) is 3.78. The Hall–Kier alpha value is -2.17. The molecule has 0 aliphatic heterocycles. The molecule has 5 nitrogen and oxygen atoms in total. The van der Waals surface area contributed by atoms with Gasteiger partial charge in [0.1, 0.15) is 4.64 Å². The van der Waals surface area contributed by atoms with Gasteiger partial charge in [0.05, 0.1) is 23.9 Å². The van der Waals surface area contributed by atoms with Crippen LogP contribution in [0.25, 0.3) is 5.69 Å². The van der Waals surface area contributed by atoms with Gasteiger partial charge in [0.2, 0.25) is 0 Å². The summed E-state index contributed by atoms with van der Waals surface area (Å²) in [6, 6.07) is 12.2. The zero-order valence-electron chi connectivity index (χ0n) is 13.9. The Morgan fingerprint density at radius 1 is 1.15 bits per heavy atom. The molecule has 3 rings (SSSR count). The smallest absolute Gasteiger partial charge is 0.285 e. The summed E-state index contributed by atoms with van der Waals surface area (Å²) >= 11 is 23.8. The van der Waals surface area contributed by atoms with Crippen molar-refractivity contribution in [2.24, 2.45) is 7.05 Å². The Morgan fingerprint density at radius 2 is 1.74 bits per heavy atom. The van der Waals surface area contributed by atoms with Crippen LogP contribution in [0, 0.1) is 16.0 Å². The van der Waals surface area contributed by atoms with Gasteiger partial charge in [-0.15, -0.1) is 0 Å². The molecule has 0 bridgehead atoms. The van der Waals surface area contributed by atoms with Crippen molar-refractivity contribution in [1.82, 2.24) is 14.3 Å². The van der Waals surface area contributed by atoms with E-state index in [-0.39, 0.29) is 10.0 Å². The molecule has 0 saturated carbocycles. The fraction of sp³-hybridized carbons (Fsp3) is 0.111. The lowest BCUT2D eigenvalue weighted by atomic mass is 9.92. The minimum Gasteiger partial charge on any atom is -0.285 e. The maximum atomic E-state index is 12.4. The summed E-state index contributed by atoms with van der Waals surface area (Å²) in [5, 5.41) is 14.8. The van der Waals surface area contributed by atoms with Gasteiger partial charge < -0.3 is 0 Å². The van der Waals surface area contributed by atoms with Gasteiger partial charge in [-0.05, 0) is 29.8 Å². The van der Waals surface area contributed by atoms with E-state index in [0.717, 1.165) is 4.68 Å². The van der Waals surface area contributed by atoms with Crippen molar-refractivity contribution >= 4 is 47.0 Å². The summed E-state index contributed by atoms with van der Waals surface area (Å²) < 4.78 is 2.72. The van der Waals surface area contributed by atoms with Gasteiger partial charge in [-0.25, -0.2) is 4.79 Å². The molecule has 136 valence electrons. The molecule has 1 unspecified atom stereocenters. The van der Waals surface area contributed by atoms with Crippen LogP contribution in [0.1, 0.15) is 17.0 Å². The summed E-state index contributed by atoms with van der Waals surface area (Å²) in [5.74, 6) is -0.688. The van der Waals surface area contributed by atoms with Crippen LogP contribution in [0.15, 0.2) is 47.4 Å². The summed E-state index contributed by atoms with van der Waals surface area (Å²) in [4.78, 5) is 12.4. The molecule has 3 aromatic rings. The summed E-state index contributed by atoms with van der Waals surface area (Å²) in [6.07, 6.45) is 1.39. The van der Waals surface area contributed by atoms with Crippen LogP contribution in [0.5, 0.6) is 0 Å². The molecule has 0 fully saturated rings. The highest BCUT2D eigenvalue weighted by Crippen LogP contribution is 2.37. The zero-order valence-corrected chi connectivity index (χ0v) is 16.9. The van der Waals surface area contributed by atoms with Gasteiger partial charge >= 0.3 is 5.69 Å². The van der Waals surface area contributed by atoms with Crippen LogP contribution < -0.4 is 5.69 Å². The Kier molecular flexibility index (Phi) is 5.68. The second-order valence-corrected chi connectivity index (χ2v) is 7.34. The number of benzene rings is 2. The van der Waals surface area contributed by atoms with Gasteiger partial charge in [-0.2, -0.15) is 15.0 Å². The van der Waals surface area contributed by atoms with Crippen LogP contribution in [-0.2, 0) is 7.05 Å². The number of halogens is 3. The number of hydrogen-bond donors (Lipinski definition) is 0. The van der Waals surface area contributed by atoms with E-state index in [1.807, 2.05) is 0 Å². The maximum absolute atomic E-state index is 12.4. The Bertz CT molecular complexity index is 1160. The van der Waals surface area contributed by atoms with Crippen molar-refractivity contribution < 1.29 is 0 Å². The van der Waals surface area contributed by atoms with Crippen molar-refractivity contribution in [1.29, 1.82) is 5.26 Å². The van der Waals surface area contributed by atoms with E-state index in [2.05, 4.69) is 11.2 Å². The first-order valence-corrected chi connectivity index (χ1v) is 9.17. The SMILES string of the molecule is Cn1c(=S)cnn(-c2cc(Cl)c(C(C#N)c3ccc(Cl)cc3)c(Cl)c2)c1=O. The molecule has 1 atom stereocenters. The number of nitrogens with zero attached hydrogens (tertiary/aromatic N) is 4. The second kappa shape index (κ2) is 7.83. The van der Waals surface area contributed by atoms with Crippen molar-refractivity contribution in [3.8, 4) is 11.8 Å². The molecule has 0 saturated heterocycles. The van der Waals surface area contributed by atoms with Gasteiger partial charge in [-0.3, -0.25) is 4.57 Å². The largest absolute Gasteiger partial charge is 0.350 e. The molecule has 0 amide bonds. The van der Waals surface area contributed by atoms with E-state index in [1.165, 1.54) is 10.8 Å². The molecule has 27 heavy (non-hydrogen) atoms. The van der Waals surface area contributed by atoms with E-state index < -0.39 is 11.6 Å². The molecule has 0 N–H and O–H groups in total. The first-order chi connectivity index (χ1) is 12.8. The summed E-state index contributed by atoms with van der Waals surface area (Å²) in [7, 11) is 1.55. The lowest BCUT2D eigenvalue weighted by Crippen LogP contribution is -2.30. The molecular formula is C18H11Cl3N4OS. The lowest BCUT2D eigenvalue weighted by Gasteiger charge is -2.16. The van der Waals surface area contributed by atoms with Gasteiger partial charge in [0.15, 0.2) is 0 Å². The molecular weight excluding hydrogens is 427 g/mol. The van der Waals surface area contributed by atoms with E-state index in [9.17, 15) is 10.1 Å². The number of nitriles is 1. The van der Waals surface area contributed by atoms with E-state index in [1.54, 1.807) is 43.4 Å². The minimum atomic E-state index is -0.688. The Labute approximate surface area is 175 Å². The highest BCUT2D eigenvalue weighted by atomic mass is 35.5. The summed E-state index contributed by atoms with van der Waals surface area (Å²) in [5.41, 5.74) is 1.09. The maximum Gasteiger partial charge on any atom is 0.350 e. The fourth-order valence-electron chi connectivity index (χ4n) is 2.59.